The van der Waals surface area contributed by atoms with Crippen LogP contribution < -0.4 is 5.73 Å². The Balaban J connectivity index is 2.21. The first-order valence-corrected chi connectivity index (χ1v) is 5.44. The predicted octanol–water partition coefficient (Wildman–Crippen LogP) is 1.77. The molecule has 0 saturated heterocycles. The molecule has 0 aliphatic carbocycles. The van der Waals surface area contributed by atoms with Crippen LogP contribution in [0.1, 0.15) is 25.8 Å². The lowest BCUT2D eigenvalue weighted by atomic mass is 10.1. The summed E-state index contributed by atoms with van der Waals surface area (Å²) in [5.41, 5.74) is 7.17. The molecule has 84 valence electrons. The number of aromatic nitrogens is 1. The molecule has 0 saturated carbocycles. The second kappa shape index (κ2) is 6.53. The van der Waals surface area contributed by atoms with Crippen molar-refractivity contribution in [3.05, 3.63) is 30.1 Å². The summed E-state index contributed by atoms with van der Waals surface area (Å²) in [5.74, 6) is 0. The highest BCUT2D eigenvalue weighted by molar-refractivity contribution is 5.09. The minimum atomic E-state index is 0.160. The van der Waals surface area contributed by atoms with Crippen molar-refractivity contribution >= 4 is 0 Å². The Morgan fingerprint density at radius 1 is 1.47 bits per heavy atom. The Hall–Kier alpha value is -0.930. The Morgan fingerprint density at radius 2 is 2.27 bits per heavy atom. The van der Waals surface area contributed by atoms with E-state index in [0.717, 1.165) is 19.4 Å². The third-order valence-electron chi connectivity index (χ3n) is 2.16. The van der Waals surface area contributed by atoms with Gasteiger partial charge in [-0.3, -0.25) is 4.98 Å². The molecule has 0 aromatic carbocycles. The van der Waals surface area contributed by atoms with Gasteiger partial charge in [-0.2, -0.15) is 0 Å². The number of nitrogens with zero attached hydrogens (tertiary/aromatic N) is 1. The molecule has 1 rings (SSSR count). The maximum atomic E-state index is 5.98. The van der Waals surface area contributed by atoms with Crippen molar-refractivity contribution in [2.45, 2.75) is 38.8 Å². The van der Waals surface area contributed by atoms with Gasteiger partial charge < -0.3 is 10.5 Å². The molecular formula is C12H20N2O. The van der Waals surface area contributed by atoms with Crippen molar-refractivity contribution < 1.29 is 4.74 Å². The van der Waals surface area contributed by atoms with E-state index in [1.807, 2.05) is 26.1 Å². The number of rotatable bonds is 6. The first-order valence-electron chi connectivity index (χ1n) is 5.44. The van der Waals surface area contributed by atoms with Gasteiger partial charge in [0.2, 0.25) is 0 Å². The quantitative estimate of drug-likeness (QED) is 0.775. The lowest BCUT2D eigenvalue weighted by Gasteiger charge is -2.13. The van der Waals surface area contributed by atoms with Gasteiger partial charge in [0, 0.05) is 25.0 Å². The summed E-state index contributed by atoms with van der Waals surface area (Å²) in [7, 11) is 0. The molecule has 0 radical (unpaired) electrons. The van der Waals surface area contributed by atoms with Crippen LogP contribution in [0, 0.1) is 0 Å². The Bertz CT molecular complexity index is 262. The Labute approximate surface area is 91.7 Å². The van der Waals surface area contributed by atoms with E-state index >= 15 is 0 Å². The zero-order valence-electron chi connectivity index (χ0n) is 9.52. The highest BCUT2D eigenvalue weighted by atomic mass is 16.5. The molecule has 0 fully saturated rings. The van der Waals surface area contributed by atoms with E-state index in [9.17, 15) is 0 Å². The van der Waals surface area contributed by atoms with Crippen LogP contribution in [0.4, 0.5) is 0 Å². The monoisotopic (exact) mass is 208 g/mol. The molecule has 1 aromatic heterocycles. The van der Waals surface area contributed by atoms with Crippen molar-refractivity contribution in [2.75, 3.05) is 6.61 Å². The molecular weight excluding hydrogens is 188 g/mol. The molecule has 0 amide bonds. The minimum absolute atomic E-state index is 0.160. The van der Waals surface area contributed by atoms with Crippen LogP contribution in [0.3, 0.4) is 0 Å². The summed E-state index contributed by atoms with van der Waals surface area (Å²) in [5, 5.41) is 0. The highest BCUT2D eigenvalue weighted by Crippen LogP contribution is 2.03. The second-order valence-corrected chi connectivity index (χ2v) is 4.03. The third kappa shape index (κ3) is 5.50. The third-order valence-corrected chi connectivity index (χ3v) is 2.16. The molecule has 2 N–H and O–H groups in total. The normalized spacial score (nSPS) is 13.1. The van der Waals surface area contributed by atoms with Gasteiger partial charge in [-0.1, -0.05) is 6.07 Å². The average molecular weight is 208 g/mol. The summed E-state index contributed by atoms with van der Waals surface area (Å²) >= 11 is 0. The van der Waals surface area contributed by atoms with Crippen molar-refractivity contribution in [1.29, 1.82) is 0 Å². The fourth-order valence-electron chi connectivity index (χ4n) is 1.38. The molecule has 3 nitrogen and oxygen atoms in total. The first kappa shape index (κ1) is 12.1. The summed E-state index contributed by atoms with van der Waals surface area (Å²) < 4.78 is 5.45. The van der Waals surface area contributed by atoms with Gasteiger partial charge in [-0.25, -0.2) is 0 Å². The van der Waals surface area contributed by atoms with E-state index in [2.05, 4.69) is 11.1 Å². The van der Waals surface area contributed by atoms with Gasteiger partial charge in [0.1, 0.15) is 0 Å². The predicted molar refractivity (Wildman–Crippen MR) is 61.6 cm³/mol. The number of pyridine rings is 1. The molecule has 0 bridgehead atoms. The fourth-order valence-corrected chi connectivity index (χ4v) is 1.38. The summed E-state index contributed by atoms with van der Waals surface area (Å²) in [4.78, 5) is 4.06. The van der Waals surface area contributed by atoms with Crippen LogP contribution >= 0.6 is 0 Å². The zero-order valence-corrected chi connectivity index (χ0v) is 9.52. The van der Waals surface area contributed by atoms with Crippen molar-refractivity contribution in [1.82, 2.24) is 4.98 Å². The van der Waals surface area contributed by atoms with Gasteiger partial charge >= 0.3 is 0 Å². The van der Waals surface area contributed by atoms with E-state index in [4.69, 9.17) is 10.5 Å². The lowest BCUT2D eigenvalue weighted by molar-refractivity contribution is 0.0737. The van der Waals surface area contributed by atoms with Gasteiger partial charge in [0.05, 0.1) is 6.10 Å². The molecule has 1 heterocycles. The molecule has 1 aromatic rings. The van der Waals surface area contributed by atoms with Crippen molar-refractivity contribution in [3.63, 3.8) is 0 Å². The van der Waals surface area contributed by atoms with Gasteiger partial charge in [-0.15, -0.1) is 0 Å². The molecule has 0 aliphatic rings. The first-order chi connectivity index (χ1) is 7.18. The summed E-state index contributed by atoms with van der Waals surface area (Å²) in [6, 6.07) is 4.15. The van der Waals surface area contributed by atoms with Crippen molar-refractivity contribution in [2.24, 2.45) is 5.73 Å². The fraction of sp³-hybridized carbons (Fsp3) is 0.583. The van der Waals surface area contributed by atoms with E-state index in [-0.39, 0.29) is 12.1 Å². The standard InChI is InChI=1S/C12H20N2O/c1-10(2)15-7-5-12(13)8-11-4-3-6-14-9-11/h3-4,6,9-10,12H,5,7-8,13H2,1-2H3. The number of hydrogen-bond acceptors (Lipinski definition) is 3. The Kier molecular flexibility index (Phi) is 5.29. The minimum Gasteiger partial charge on any atom is -0.379 e. The summed E-state index contributed by atoms with van der Waals surface area (Å²) in [6.45, 7) is 4.80. The van der Waals surface area contributed by atoms with Gasteiger partial charge in [0.15, 0.2) is 0 Å². The SMILES string of the molecule is CC(C)OCCC(N)Cc1cccnc1. The van der Waals surface area contributed by atoms with Crippen LogP contribution in [0.2, 0.25) is 0 Å². The van der Waals surface area contributed by atoms with Crippen LogP contribution in [0.25, 0.3) is 0 Å². The molecule has 1 unspecified atom stereocenters. The van der Waals surface area contributed by atoms with Crippen LogP contribution in [-0.2, 0) is 11.2 Å². The number of nitrogens with two attached hydrogens (primary N) is 1. The van der Waals surface area contributed by atoms with E-state index in [0.29, 0.717) is 0 Å². The van der Waals surface area contributed by atoms with E-state index in [1.54, 1.807) is 6.20 Å². The second-order valence-electron chi connectivity index (χ2n) is 4.03. The molecule has 3 heteroatoms. The Morgan fingerprint density at radius 3 is 2.87 bits per heavy atom. The molecule has 15 heavy (non-hydrogen) atoms. The maximum absolute atomic E-state index is 5.98. The lowest BCUT2D eigenvalue weighted by Crippen LogP contribution is -2.25. The van der Waals surface area contributed by atoms with Crippen LogP contribution in [-0.4, -0.2) is 23.7 Å². The highest BCUT2D eigenvalue weighted by Gasteiger charge is 2.04. The van der Waals surface area contributed by atoms with Crippen LogP contribution in [0.15, 0.2) is 24.5 Å². The zero-order chi connectivity index (χ0) is 11.1. The molecule has 0 aliphatic heterocycles. The number of ether oxygens (including phenoxy) is 1. The maximum Gasteiger partial charge on any atom is 0.0518 e. The molecule has 0 spiro atoms. The number of hydrogen-bond donors (Lipinski definition) is 1. The van der Waals surface area contributed by atoms with Crippen molar-refractivity contribution in [3.8, 4) is 0 Å². The van der Waals surface area contributed by atoms with E-state index in [1.165, 1.54) is 5.56 Å². The summed E-state index contributed by atoms with van der Waals surface area (Å²) in [6.07, 6.45) is 5.69. The van der Waals surface area contributed by atoms with E-state index < -0.39 is 0 Å². The smallest absolute Gasteiger partial charge is 0.0518 e. The largest absolute Gasteiger partial charge is 0.379 e. The average Bonchev–Trinajstić information content (AvgIpc) is 2.18. The van der Waals surface area contributed by atoms with Gasteiger partial charge in [-0.05, 0) is 38.3 Å². The van der Waals surface area contributed by atoms with Gasteiger partial charge in [0.25, 0.3) is 0 Å². The topological polar surface area (TPSA) is 48.1 Å². The van der Waals surface area contributed by atoms with Crippen LogP contribution in [0.5, 0.6) is 0 Å². The molecule has 1 atom stereocenters.